The molecule has 4 nitrogen and oxygen atoms in total. The molecule has 3 N–H and O–H groups in total. The number of aliphatic hydroxyl groups excluding tert-OH is 1. The van der Waals surface area contributed by atoms with Crippen molar-refractivity contribution < 1.29 is 14.6 Å². The highest BCUT2D eigenvalue weighted by molar-refractivity contribution is 5.84. The maximum atomic E-state index is 12.0. The van der Waals surface area contributed by atoms with Gasteiger partial charge in [0.2, 0.25) is 0 Å². The van der Waals surface area contributed by atoms with Crippen molar-refractivity contribution >= 4 is 5.97 Å². The fourth-order valence-corrected chi connectivity index (χ4v) is 2.14. The monoisotopic (exact) mass is 237 g/mol. The maximum Gasteiger partial charge on any atom is 0.317 e. The molecule has 1 atom stereocenters. The van der Waals surface area contributed by atoms with Crippen LogP contribution in [0.15, 0.2) is 24.3 Å². The van der Waals surface area contributed by atoms with Crippen molar-refractivity contribution in [1.29, 1.82) is 0 Å². The lowest BCUT2D eigenvalue weighted by molar-refractivity contribution is -0.148. The Bertz CT molecular complexity index is 392. The molecular weight excluding hydrogens is 218 g/mol. The second kappa shape index (κ2) is 5.80. The number of benzene rings is 1. The summed E-state index contributed by atoms with van der Waals surface area (Å²) in [7, 11) is 1.34. The summed E-state index contributed by atoms with van der Waals surface area (Å²) in [5.74, 6) is -0.400. The van der Waals surface area contributed by atoms with Crippen LogP contribution in [-0.4, -0.2) is 31.3 Å². The number of hydrogen-bond donors (Lipinski definition) is 2. The van der Waals surface area contributed by atoms with E-state index in [0.717, 1.165) is 11.1 Å². The lowest BCUT2D eigenvalue weighted by Crippen LogP contribution is -2.45. The number of rotatable bonds is 5. The van der Waals surface area contributed by atoms with E-state index in [4.69, 9.17) is 15.6 Å². The van der Waals surface area contributed by atoms with Gasteiger partial charge in [0.25, 0.3) is 0 Å². The highest BCUT2D eigenvalue weighted by atomic mass is 16.5. The fraction of sp³-hybridized carbons (Fsp3) is 0.462. The van der Waals surface area contributed by atoms with Crippen LogP contribution < -0.4 is 5.73 Å². The van der Waals surface area contributed by atoms with Gasteiger partial charge in [0.1, 0.15) is 5.41 Å². The van der Waals surface area contributed by atoms with Gasteiger partial charge < -0.3 is 15.6 Å². The van der Waals surface area contributed by atoms with E-state index in [-0.39, 0.29) is 19.6 Å². The molecule has 0 spiro atoms. The molecule has 0 aliphatic heterocycles. The van der Waals surface area contributed by atoms with Crippen LogP contribution in [0.3, 0.4) is 0 Å². The number of hydrogen-bond acceptors (Lipinski definition) is 4. The Morgan fingerprint density at radius 2 is 2.12 bits per heavy atom. The first-order valence-electron chi connectivity index (χ1n) is 5.58. The first-order chi connectivity index (χ1) is 8.12. The van der Waals surface area contributed by atoms with E-state index in [2.05, 4.69) is 0 Å². The summed E-state index contributed by atoms with van der Waals surface area (Å²) < 4.78 is 4.84. The summed E-state index contributed by atoms with van der Waals surface area (Å²) in [4.78, 5) is 12.0. The molecule has 0 aromatic heterocycles. The molecule has 0 bridgehead atoms. The molecule has 1 unspecified atom stereocenters. The summed E-state index contributed by atoms with van der Waals surface area (Å²) in [6, 6.07) is 7.53. The van der Waals surface area contributed by atoms with Gasteiger partial charge in [-0.05, 0) is 24.5 Å². The minimum atomic E-state index is -0.950. The number of carbonyl (C=O) groups excluding carboxylic acids is 1. The molecule has 0 saturated carbocycles. The van der Waals surface area contributed by atoms with E-state index in [9.17, 15) is 4.79 Å². The topological polar surface area (TPSA) is 72.5 Å². The molecule has 0 aliphatic carbocycles. The molecule has 0 heterocycles. The van der Waals surface area contributed by atoms with E-state index >= 15 is 0 Å². The van der Waals surface area contributed by atoms with Crippen LogP contribution in [0.4, 0.5) is 0 Å². The fourth-order valence-electron chi connectivity index (χ4n) is 2.14. The summed E-state index contributed by atoms with van der Waals surface area (Å²) >= 11 is 0. The van der Waals surface area contributed by atoms with Gasteiger partial charge in [0.05, 0.1) is 7.11 Å². The summed E-state index contributed by atoms with van der Waals surface area (Å²) in [6.07, 6.45) is 0.265. The first kappa shape index (κ1) is 13.7. The average molecular weight is 237 g/mol. The average Bonchev–Trinajstić information content (AvgIpc) is 2.36. The maximum absolute atomic E-state index is 12.0. The van der Waals surface area contributed by atoms with E-state index < -0.39 is 11.4 Å². The molecule has 0 amide bonds. The molecule has 1 rings (SSSR count). The van der Waals surface area contributed by atoms with Crippen LogP contribution in [0, 0.1) is 6.92 Å². The Balaban J connectivity index is 3.31. The Kier molecular flexibility index (Phi) is 4.66. The van der Waals surface area contributed by atoms with Crippen LogP contribution in [-0.2, 0) is 14.9 Å². The standard InChI is InChI=1S/C13H19NO3/c1-10-5-3-4-6-11(10)13(9-14,7-8-15)12(16)17-2/h3-6,15H,7-9,14H2,1-2H3. The SMILES string of the molecule is COC(=O)C(CN)(CCO)c1ccccc1C. The molecule has 4 heteroatoms. The summed E-state index contributed by atoms with van der Waals surface area (Å²) in [6.45, 7) is 1.92. The third-order valence-corrected chi connectivity index (χ3v) is 3.12. The lowest BCUT2D eigenvalue weighted by Gasteiger charge is -2.30. The van der Waals surface area contributed by atoms with Crippen LogP contribution >= 0.6 is 0 Å². The van der Waals surface area contributed by atoms with Gasteiger partial charge >= 0.3 is 5.97 Å². The predicted octanol–water partition coefficient (Wildman–Crippen LogP) is 0.747. The van der Waals surface area contributed by atoms with Gasteiger partial charge in [0, 0.05) is 13.2 Å². The van der Waals surface area contributed by atoms with Crippen molar-refractivity contribution in [2.45, 2.75) is 18.8 Å². The van der Waals surface area contributed by atoms with Crippen LogP contribution in [0.1, 0.15) is 17.5 Å². The zero-order valence-electron chi connectivity index (χ0n) is 10.3. The summed E-state index contributed by atoms with van der Waals surface area (Å²) in [5.41, 5.74) is 6.60. The largest absolute Gasteiger partial charge is 0.468 e. The zero-order chi connectivity index (χ0) is 12.9. The third kappa shape index (κ3) is 2.48. The van der Waals surface area contributed by atoms with Crippen LogP contribution in [0.25, 0.3) is 0 Å². The van der Waals surface area contributed by atoms with Gasteiger partial charge in [0.15, 0.2) is 0 Å². The second-order valence-corrected chi connectivity index (χ2v) is 4.07. The van der Waals surface area contributed by atoms with Gasteiger partial charge in [-0.3, -0.25) is 4.79 Å². The van der Waals surface area contributed by atoms with E-state index in [0.29, 0.717) is 0 Å². The van der Waals surface area contributed by atoms with Gasteiger partial charge in [-0.15, -0.1) is 0 Å². The number of methoxy groups -OCH3 is 1. The quantitative estimate of drug-likeness (QED) is 0.741. The second-order valence-electron chi connectivity index (χ2n) is 4.07. The highest BCUT2D eigenvalue weighted by Crippen LogP contribution is 2.30. The molecule has 0 saturated heterocycles. The van der Waals surface area contributed by atoms with E-state index in [1.807, 2.05) is 31.2 Å². The van der Waals surface area contributed by atoms with Gasteiger partial charge in [-0.1, -0.05) is 24.3 Å². The molecule has 0 fully saturated rings. The summed E-state index contributed by atoms with van der Waals surface area (Å²) in [5, 5.41) is 9.17. The molecule has 17 heavy (non-hydrogen) atoms. The van der Waals surface area contributed by atoms with Gasteiger partial charge in [-0.25, -0.2) is 0 Å². The van der Waals surface area contributed by atoms with Gasteiger partial charge in [-0.2, -0.15) is 0 Å². The molecule has 1 aromatic rings. The third-order valence-electron chi connectivity index (χ3n) is 3.12. The Morgan fingerprint density at radius 3 is 2.59 bits per heavy atom. The molecule has 94 valence electrons. The van der Waals surface area contributed by atoms with Crippen molar-refractivity contribution in [2.75, 3.05) is 20.3 Å². The smallest absolute Gasteiger partial charge is 0.317 e. The van der Waals surface area contributed by atoms with Crippen LogP contribution in [0.5, 0.6) is 0 Å². The molecular formula is C13H19NO3. The van der Waals surface area contributed by atoms with Crippen LogP contribution in [0.2, 0.25) is 0 Å². The Morgan fingerprint density at radius 1 is 1.47 bits per heavy atom. The number of nitrogens with two attached hydrogens (primary N) is 1. The predicted molar refractivity (Wildman–Crippen MR) is 65.6 cm³/mol. The number of aryl methyl sites for hydroxylation is 1. The van der Waals surface area contributed by atoms with Crippen molar-refractivity contribution in [3.8, 4) is 0 Å². The van der Waals surface area contributed by atoms with E-state index in [1.54, 1.807) is 0 Å². The molecule has 0 radical (unpaired) electrons. The minimum Gasteiger partial charge on any atom is -0.468 e. The number of esters is 1. The zero-order valence-corrected chi connectivity index (χ0v) is 10.3. The van der Waals surface area contributed by atoms with Crippen molar-refractivity contribution in [2.24, 2.45) is 5.73 Å². The minimum absolute atomic E-state index is 0.110. The number of aliphatic hydroxyl groups is 1. The van der Waals surface area contributed by atoms with Crippen molar-refractivity contribution in [1.82, 2.24) is 0 Å². The van der Waals surface area contributed by atoms with Crippen molar-refractivity contribution in [3.63, 3.8) is 0 Å². The highest BCUT2D eigenvalue weighted by Gasteiger charge is 2.40. The Hall–Kier alpha value is -1.39. The Labute approximate surface area is 101 Å². The lowest BCUT2D eigenvalue weighted by atomic mass is 9.76. The van der Waals surface area contributed by atoms with Crippen molar-refractivity contribution in [3.05, 3.63) is 35.4 Å². The normalized spacial score (nSPS) is 14.1. The number of carbonyl (C=O) groups is 1. The molecule has 1 aromatic carbocycles. The molecule has 0 aliphatic rings. The first-order valence-corrected chi connectivity index (χ1v) is 5.58. The van der Waals surface area contributed by atoms with E-state index in [1.165, 1.54) is 7.11 Å². The number of ether oxygens (including phenoxy) is 1.